The number of aliphatic hydroxyl groups is 1. The van der Waals surface area contributed by atoms with Crippen molar-refractivity contribution in [1.29, 1.82) is 0 Å². The molecule has 0 heterocycles. The predicted molar refractivity (Wildman–Crippen MR) is 114 cm³/mol. The lowest BCUT2D eigenvalue weighted by atomic mass is 9.82. The van der Waals surface area contributed by atoms with Gasteiger partial charge in [-0.1, -0.05) is 84.3 Å². The maximum Gasteiger partial charge on any atom is 0.330 e. The van der Waals surface area contributed by atoms with Crippen LogP contribution in [0.1, 0.15) is 27.7 Å². The minimum atomic E-state index is -0.927. The van der Waals surface area contributed by atoms with Gasteiger partial charge in [0.1, 0.15) is 0 Å². The topological polar surface area (TPSA) is 29.5 Å². The van der Waals surface area contributed by atoms with Gasteiger partial charge in [0, 0.05) is 0 Å². The van der Waals surface area contributed by atoms with Gasteiger partial charge in [-0.15, -0.1) is 0 Å². The third-order valence-corrected chi connectivity index (χ3v) is 5.20. The van der Waals surface area contributed by atoms with Crippen LogP contribution in [0.3, 0.4) is 0 Å². The monoisotopic (exact) mass is 357 g/mol. The average molecular weight is 357 g/mol. The molecule has 0 aliphatic carbocycles. The highest BCUT2D eigenvalue weighted by Crippen LogP contribution is 2.25. The molecule has 0 spiro atoms. The molecule has 0 aromatic heterocycles. The molecule has 0 bridgehead atoms. The summed E-state index contributed by atoms with van der Waals surface area (Å²) in [6, 6.07) is 27.2. The molecule has 0 atom stereocenters. The Bertz CT molecular complexity index is 861. The van der Waals surface area contributed by atoms with Gasteiger partial charge in [-0.3, -0.25) is 0 Å². The van der Waals surface area contributed by atoms with Crippen LogP contribution in [0, 0.1) is 0 Å². The van der Waals surface area contributed by atoms with E-state index in [4.69, 9.17) is 4.65 Å². The third-order valence-electron chi connectivity index (χ3n) is 5.20. The van der Waals surface area contributed by atoms with Crippen molar-refractivity contribution < 1.29 is 9.76 Å². The van der Waals surface area contributed by atoms with E-state index >= 15 is 0 Å². The molecule has 0 fully saturated rings. The molecular weight excluding hydrogens is 331 g/mol. The van der Waals surface area contributed by atoms with Gasteiger partial charge in [0.2, 0.25) is 0 Å². The molecular formula is C24H26BO2. The van der Waals surface area contributed by atoms with Crippen molar-refractivity contribution >= 4 is 12.9 Å². The van der Waals surface area contributed by atoms with Gasteiger partial charge in [0.25, 0.3) is 0 Å². The Kier molecular flexibility index (Phi) is 5.55. The standard InChI is InChI=1S/C24H26BO2/c1-23(2,26)24(3,4)27-25-22-16-14-21(15-17-22)20-12-10-19(11-13-20)18-8-6-5-7-9-18/h5-17,26H,1-4H3. The SMILES string of the molecule is CC(C)(O)C(C)(C)O[B]c1ccc(-c2ccc(-c3ccccc3)cc2)cc1. The summed E-state index contributed by atoms with van der Waals surface area (Å²) in [5, 5.41) is 10.2. The molecule has 0 saturated carbocycles. The van der Waals surface area contributed by atoms with Gasteiger partial charge < -0.3 is 9.76 Å². The second-order valence-electron chi connectivity index (χ2n) is 7.87. The van der Waals surface area contributed by atoms with Crippen LogP contribution >= 0.6 is 0 Å². The average Bonchev–Trinajstić information content (AvgIpc) is 2.67. The Morgan fingerprint density at radius 2 is 1.04 bits per heavy atom. The highest BCUT2D eigenvalue weighted by atomic mass is 16.5. The summed E-state index contributed by atoms with van der Waals surface area (Å²) in [6.07, 6.45) is 0. The zero-order valence-corrected chi connectivity index (χ0v) is 16.4. The van der Waals surface area contributed by atoms with Gasteiger partial charge in [-0.25, -0.2) is 0 Å². The second kappa shape index (κ2) is 7.71. The fraction of sp³-hybridized carbons (Fsp3) is 0.250. The molecule has 1 radical (unpaired) electrons. The molecule has 2 nitrogen and oxygen atoms in total. The van der Waals surface area contributed by atoms with Crippen molar-refractivity contribution in [3.8, 4) is 22.3 Å². The molecule has 0 amide bonds. The highest BCUT2D eigenvalue weighted by molar-refractivity contribution is 6.47. The van der Waals surface area contributed by atoms with E-state index in [0.717, 1.165) is 11.0 Å². The molecule has 1 N–H and O–H groups in total. The molecule has 0 saturated heterocycles. The molecule has 0 unspecified atom stereocenters. The van der Waals surface area contributed by atoms with Crippen molar-refractivity contribution in [2.24, 2.45) is 0 Å². The largest absolute Gasteiger partial charge is 0.427 e. The van der Waals surface area contributed by atoms with Crippen molar-refractivity contribution in [2.45, 2.75) is 38.9 Å². The summed E-state index contributed by atoms with van der Waals surface area (Å²) in [7, 11) is 1.71. The first-order valence-corrected chi connectivity index (χ1v) is 9.26. The summed E-state index contributed by atoms with van der Waals surface area (Å²) < 4.78 is 5.82. The summed E-state index contributed by atoms with van der Waals surface area (Å²) in [5.41, 5.74) is 4.15. The van der Waals surface area contributed by atoms with Crippen LogP contribution in [-0.4, -0.2) is 23.8 Å². The van der Waals surface area contributed by atoms with Gasteiger partial charge in [-0.2, -0.15) is 0 Å². The highest BCUT2D eigenvalue weighted by Gasteiger charge is 2.35. The molecule has 3 rings (SSSR count). The van der Waals surface area contributed by atoms with Gasteiger partial charge in [-0.05, 0) is 49.9 Å². The minimum absolute atomic E-state index is 0.668. The van der Waals surface area contributed by atoms with Crippen LogP contribution in [0.5, 0.6) is 0 Å². The molecule has 0 aliphatic rings. The number of hydrogen-bond donors (Lipinski definition) is 1. The summed E-state index contributed by atoms with van der Waals surface area (Å²) in [4.78, 5) is 0. The first-order chi connectivity index (χ1) is 12.8. The lowest BCUT2D eigenvalue weighted by Gasteiger charge is -2.37. The van der Waals surface area contributed by atoms with E-state index in [0.29, 0.717) is 0 Å². The van der Waals surface area contributed by atoms with Crippen LogP contribution in [-0.2, 0) is 4.65 Å². The lowest BCUT2D eigenvalue weighted by Crippen LogP contribution is -2.49. The predicted octanol–water partition coefficient (Wildman–Crippen LogP) is 4.83. The Morgan fingerprint density at radius 1 is 0.630 bits per heavy atom. The quantitative estimate of drug-likeness (QED) is 0.640. The fourth-order valence-electron chi connectivity index (χ4n) is 2.60. The molecule has 3 aromatic carbocycles. The van der Waals surface area contributed by atoms with Crippen LogP contribution in [0.15, 0.2) is 78.9 Å². The van der Waals surface area contributed by atoms with Crippen LogP contribution in [0.4, 0.5) is 0 Å². The maximum absolute atomic E-state index is 10.2. The van der Waals surface area contributed by atoms with Crippen molar-refractivity contribution in [3.63, 3.8) is 0 Å². The molecule has 137 valence electrons. The number of rotatable bonds is 6. The second-order valence-corrected chi connectivity index (χ2v) is 7.87. The van der Waals surface area contributed by atoms with E-state index in [1.165, 1.54) is 16.7 Å². The number of hydrogen-bond acceptors (Lipinski definition) is 2. The van der Waals surface area contributed by atoms with Gasteiger partial charge in [0.15, 0.2) is 0 Å². The smallest absolute Gasteiger partial charge is 0.330 e. The molecule has 3 aromatic rings. The summed E-state index contributed by atoms with van der Waals surface area (Å²) in [6.45, 7) is 7.27. The van der Waals surface area contributed by atoms with E-state index < -0.39 is 11.2 Å². The number of benzene rings is 3. The Morgan fingerprint density at radius 3 is 1.48 bits per heavy atom. The van der Waals surface area contributed by atoms with E-state index in [1.54, 1.807) is 21.3 Å². The molecule has 0 aliphatic heterocycles. The fourth-order valence-corrected chi connectivity index (χ4v) is 2.60. The van der Waals surface area contributed by atoms with Crippen LogP contribution in [0.2, 0.25) is 0 Å². The van der Waals surface area contributed by atoms with E-state index in [2.05, 4.69) is 60.7 Å². The lowest BCUT2D eigenvalue weighted by molar-refractivity contribution is -0.0893. The molecule has 27 heavy (non-hydrogen) atoms. The first-order valence-electron chi connectivity index (χ1n) is 9.26. The summed E-state index contributed by atoms with van der Waals surface area (Å²) in [5.74, 6) is 0. The maximum atomic E-state index is 10.2. The summed E-state index contributed by atoms with van der Waals surface area (Å²) >= 11 is 0. The normalized spacial score (nSPS) is 12.0. The van der Waals surface area contributed by atoms with Crippen LogP contribution in [0.25, 0.3) is 22.3 Å². The molecule has 3 heteroatoms. The van der Waals surface area contributed by atoms with Crippen LogP contribution < -0.4 is 5.46 Å². The zero-order valence-electron chi connectivity index (χ0n) is 16.4. The van der Waals surface area contributed by atoms with Gasteiger partial charge in [0.05, 0.1) is 11.2 Å². The van der Waals surface area contributed by atoms with E-state index in [1.807, 2.05) is 32.0 Å². The van der Waals surface area contributed by atoms with E-state index in [9.17, 15) is 5.11 Å². The van der Waals surface area contributed by atoms with Crippen molar-refractivity contribution in [1.82, 2.24) is 0 Å². The Balaban J connectivity index is 1.69. The van der Waals surface area contributed by atoms with Crippen molar-refractivity contribution in [3.05, 3.63) is 78.9 Å². The third kappa shape index (κ3) is 4.68. The van der Waals surface area contributed by atoms with Gasteiger partial charge >= 0.3 is 7.48 Å². The van der Waals surface area contributed by atoms with Crippen molar-refractivity contribution in [2.75, 3.05) is 0 Å². The Hall–Kier alpha value is -2.36. The zero-order chi connectivity index (χ0) is 19.5. The minimum Gasteiger partial charge on any atom is -0.427 e. The first kappa shape index (κ1) is 19.4. The van der Waals surface area contributed by atoms with E-state index in [-0.39, 0.29) is 0 Å². The Labute approximate surface area is 163 Å².